The van der Waals surface area contributed by atoms with Crippen LogP contribution in [0, 0.1) is 5.82 Å². The Morgan fingerprint density at radius 2 is 2.00 bits per heavy atom. The fraction of sp³-hybridized carbons (Fsp3) is 0.222. The Morgan fingerprint density at radius 1 is 1.27 bits per heavy atom. The highest BCUT2D eigenvalue weighted by molar-refractivity contribution is 5.91. The van der Waals surface area contributed by atoms with Crippen molar-refractivity contribution in [2.45, 2.75) is 19.4 Å². The minimum Gasteiger partial charge on any atom is -0.505 e. The molecule has 0 radical (unpaired) electrons. The second kappa shape index (κ2) is 7.30. The van der Waals surface area contributed by atoms with E-state index in [1.165, 1.54) is 4.90 Å². The van der Waals surface area contributed by atoms with Crippen LogP contribution < -0.4 is 14.4 Å². The lowest BCUT2D eigenvalue weighted by atomic mass is 10.1. The number of anilines is 1. The zero-order chi connectivity index (χ0) is 18.7. The SMILES string of the molecule is O=C(O)CCCOc1ccc(N2Cc3cc(F)c(O)cc3OC2=O)cc1. The van der Waals surface area contributed by atoms with E-state index in [-0.39, 0.29) is 25.3 Å². The van der Waals surface area contributed by atoms with Crippen molar-refractivity contribution in [1.29, 1.82) is 0 Å². The number of aliphatic carboxylic acids is 1. The maximum absolute atomic E-state index is 13.5. The quantitative estimate of drug-likeness (QED) is 0.767. The van der Waals surface area contributed by atoms with Gasteiger partial charge in [-0.25, -0.2) is 9.18 Å². The first-order valence-corrected chi connectivity index (χ1v) is 7.89. The van der Waals surface area contributed by atoms with Gasteiger partial charge in [0.15, 0.2) is 11.6 Å². The lowest BCUT2D eigenvalue weighted by Gasteiger charge is -2.28. The molecule has 0 unspecified atom stereocenters. The number of amides is 1. The van der Waals surface area contributed by atoms with E-state index in [0.29, 0.717) is 23.4 Å². The summed E-state index contributed by atoms with van der Waals surface area (Å²) in [6, 6.07) is 8.80. The predicted molar refractivity (Wildman–Crippen MR) is 89.1 cm³/mol. The normalized spacial score (nSPS) is 13.1. The minimum atomic E-state index is -0.877. The number of carboxylic acid groups (broad SMARTS) is 1. The minimum absolute atomic E-state index is 0.0310. The first-order valence-electron chi connectivity index (χ1n) is 7.89. The monoisotopic (exact) mass is 361 g/mol. The number of carbonyl (C=O) groups excluding carboxylic acids is 1. The maximum Gasteiger partial charge on any atom is 0.420 e. The molecule has 0 atom stereocenters. The van der Waals surface area contributed by atoms with Crippen molar-refractivity contribution in [3.05, 3.63) is 47.8 Å². The maximum atomic E-state index is 13.5. The number of aromatic hydroxyl groups is 1. The molecule has 2 aromatic carbocycles. The van der Waals surface area contributed by atoms with E-state index in [9.17, 15) is 19.1 Å². The molecule has 0 saturated carbocycles. The number of phenols is 1. The molecule has 2 aromatic rings. The van der Waals surface area contributed by atoms with Crippen LogP contribution in [0.1, 0.15) is 18.4 Å². The first kappa shape index (κ1) is 17.5. The number of carbonyl (C=O) groups is 2. The van der Waals surface area contributed by atoms with E-state index in [1.807, 2.05) is 0 Å². The van der Waals surface area contributed by atoms with E-state index in [4.69, 9.17) is 14.6 Å². The van der Waals surface area contributed by atoms with E-state index < -0.39 is 23.6 Å². The highest BCUT2D eigenvalue weighted by atomic mass is 19.1. The van der Waals surface area contributed by atoms with Crippen LogP contribution in [0.15, 0.2) is 36.4 Å². The van der Waals surface area contributed by atoms with Crippen molar-refractivity contribution in [2.75, 3.05) is 11.5 Å². The molecule has 0 fully saturated rings. The molecule has 7 nitrogen and oxygen atoms in total. The summed E-state index contributed by atoms with van der Waals surface area (Å²) in [7, 11) is 0. The number of hydrogen-bond acceptors (Lipinski definition) is 5. The summed E-state index contributed by atoms with van der Waals surface area (Å²) < 4.78 is 24.1. The van der Waals surface area contributed by atoms with Gasteiger partial charge >= 0.3 is 12.1 Å². The second-order valence-electron chi connectivity index (χ2n) is 5.71. The molecule has 1 amide bonds. The van der Waals surface area contributed by atoms with E-state index in [2.05, 4.69) is 0 Å². The number of halogens is 1. The summed E-state index contributed by atoms with van der Waals surface area (Å²) >= 11 is 0. The second-order valence-corrected chi connectivity index (χ2v) is 5.71. The fourth-order valence-corrected chi connectivity index (χ4v) is 2.52. The van der Waals surface area contributed by atoms with Gasteiger partial charge in [-0.1, -0.05) is 0 Å². The molecular formula is C18H16FNO6. The van der Waals surface area contributed by atoms with Crippen LogP contribution in [-0.4, -0.2) is 28.9 Å². The molecule has 0 aliphatic carbocycles. The number of phenolic OH excluding ortho intramolecular Hbond substituents is 1. The van der Waals surface area contributed by atoms with Crippen molar-refractivity contribution in [3.63, 3.8) is 0 Å². The Morgan fingerprint density at radius 3 is 2.69 bits per heavy atom. The summed E-state index contributed by atoms with van der Waals surface area (Å²) in [6.07, 6.45) is -0.216. The van der Waals surface area contributed by atoms with Crippen LogP contribution in [0.3, 0.4) is 0 Å². The number of benzene rings is 2. The van der Waals surface area contributed by atoms with Gasteiger partial charge in [-0.2, -0.15) is 0 Å². The Hall–Kier alpha value is -3.29. The predicted octanol–water partition coefficient (Wildman–Crippen LogP) is 3.29. The number of hydrogen-bond donors (Lipinski definition) is 2. The number of rotatable bonds is 6. The average molecular weight is 361 g/mol. The average Bonchev–Trinajstić information content (AvgIpc) is 2.60. The molecule has 0 bridgehead atoms. The van der Waals surface area contributed by atoms with Crippen LogP contribution in [-0.2, 0) is 11.3 Å². The zero-order valence-corrected chi connectivity index (χ0v) is 13.6. The van der Waals surface area contributed by atoms with Gasteiger partial charge < -0.3 is 19.7 Å². The number of ether oxygens (including phenoxy) is 2. The molecule has 3 rings (SSSR count). The molecule has 1 heterocycles. The number of nitrogens with zero attached hydrogens (tertiary/aromatic N) is 1. The van der Waals surface area contributed by atoms with Crippen molar-refractivity contribution < 1.29 is 33.7 Å². The lowest BCUT2D eigenvalue weighted by molar-refractivity contribution is -0.137. The summed E-state index contributed by atoms with van der Waals surface area (Å²) in [5.74, 6) is -1.57. The van der Waals surface area contributed by atoms with Gasteiger partial charge in [0.1, 0.15) is 11.5 Å². The van der Waals surface area contributed by atoms with Crippen molar-refractivity contribution in [2.24, 2.45) is 0 Å². The van der Waals surface area contributed by atoms with Crippen molar-refractivity contribution in [3.8, 4) is 17.2 Å². The zero-order valence-electron chi connectivity index (χ0n) is 13.6. The Kier molecular flexibility index (Phi) is 4.92. The highest BCUT2D eigenvalue weighted by Crippen LogP contribution is 2.34. The Bertz CT molecular complexity index is 836. The van der Waals surface area contributed by atoms with Crippen LogP contribution in [0.5, 0.6) is 17.2 Å². The molecule has 2 N–H and O–H groups in total. The molecule has 136 valence electrons. The van der Waals surface area contributed by atoms with Gasteiger partial charge in [-0.05, 0) is 36.8 Å². The number of carboxylic acids is 1. The van der Waals surface area contributed by atoms with Crippen LogP contribution >= 0.6 is 0 Å². The van der Waals surface area contributed by atoms with Crippen molar-refractivity contribution >= 4 is 17.7 Å². The van der Waals surface area contributed by atoms with Crippen LogP contribution in [0.4, 0.5) is 14.9 Å². The Labute approximate surface area is 148 Å². The van der Waals surface area contributed by atoms with E-state index in [1.54, 1.807) is 24.3 Å². The van der Waals surface area contributed by atoms with E-state index >= 15 is 0 Å². The third-order valence-electron chi connectivity index (χ3n) is 3.83. The van der Waals surface area contributed by atoms with Gasteiger partial charge in [0, 0.05) is 23.7 Å². The summed E-state index contributed by atoms with van der Waals surface area (Å²) in [4.78, 5) is 23.9. The first-order chi connectivity index (χ1) is 12.4. The third kappa shape index (κ3) is 3.85. The smallest absolute Gasteiger partial charge is 0.420 e. The van der Waals surface area contributed by atoms with E-state index in [0.717, 1.165) is 12.1 Å². The van der Waals surface area contributed by atoms with Crippen molar-refractivity contribution in [1.82, 2.24) is 0 Å². The molecular weight excluding hydrogens is 345 g/mol. The third-order valence-corrected chi connectivity index (χ3v) is 3.83. The van der Waals surface area contributed by atoms with Gasteiger partial charge in [0.2, 0.25) is 0 Å². The number of fused-ring (bicyclic) bond motifs is 1. The Balaban J connectivity index is 1.68. The molecule has 0 saturated heterocycles. The molecule has 1 aliphatic rings. The molecule has 8 heteroatoms. The van der Waals surface area contributed by atoms with Crippen LogP contribution in [0.25, 0.3) is 0 Å². The standard InChI is InChI=1S/C18H16FNO6/c19-14-8-11-10-20(18(24)26-16(11)9-15(14)21)12-3-5-13(6-4-12)25-7-1-2-17(22)23/h3-6,8-9,21H,1-2,7,10H2,(H,22,23). The summed E-state index contributed by atoms with van der Waals surface area (Å²) in [5.41, 5.74) is 0.973. The van der Waals surface area contributed by atoms with Gasteiger partial charge in [0.05, 0.1) is 13.2 Å². The fourth-order valence-electron chi connectivity index (χ4n) is 2.52. The topological polar surface area (TPSA) is 96.3 Å². The van der Waals surface area contributed by atoms with Gasteiger partial charge in [-0.15, -0.1) is 0 Å². The largest absolute Gasteiger partial charge is 0.505 e. The van der Waals surface area contributed by atoms with Crippen LogP contribution in [0.2, 0.25) is 0 Å². The lowest BCUT2D eigenvalue weighted by Crippen LogP contribution is -2.37. The molecule has 1 aliphatic heterocycles. The van der Waals surface area contributed by atoms with Gasteiger partial charge in [0.25, 0.3) is 0 Å². The molecule has 0 aromatic heterocycles. The molecule has 26 heavy (non-hydrogen) atoms. The highest BCUT2D eigenvalue weighted by Gasteiger charge is 2.27. The summed E-state index contributed by atoms with van der Waals surface area (Å²) in [5, 5.41) is 17.9. The summed E-state index contributed by atoms with van der Waals surface area (Å²) in [6.45, 7) is 0.373. The van der Waals surface area contributed by atoms with Gasteiger partial charge in [-0.3, -0.25) is 9.69 Å². The molecule has 0 spiro atoms.